The summed E-state index contributed by atoms with van der Waals surface area (Å²) in [5, 5.41) is 11.5. The number of alkyl halides is 3. The number of nitrogens with zero attached hydrogens (tertiary/aromatic N) is 1. The number of carbonyl (C=O) groups is 1. The van der Waals surface area contributed by atoms with Gasteiger partial charge in [0, 0.05) is 11.8 Å². The normalized spacial score (nSPS) is 16.7. The van der Waals surface area contributed by atoms with E-state index in [1.54, 1.807) is 0 Å². The molecule has 0 radical (unpaired) electrons. The highest BCUT2D eigenvalue weighted by molar-refractivity contribution is 5.97. The van der Waals surface area contributed by atoms with Crippen molar-refractivity contribution in [2.75, 3.05) is 5.32 Å². The Balaban J connectivity index is 2.09. The zero-order valence-corrected chi connectivity index (χ0v) is 10.3. The van der Waals surface area contributed by atoms with Gasteiger partial charge in [-0.3, -0.25) is 4.79 Å². The maximum atomic E-state index is 12.1. The first kappa shape index (κ1) is 14.2. The third-order valence-electron chi connectivity index (χ3n) is 3.18. The van der Waals surface area contributed by atoms with E-state index >= 15 is 0 Å². The molecule has 0 saturated heterocycles. The van der Waals surface area contributed by atoms with Gasteiger partial charge in [0.1, 0.15) is 11.2 Å². The van der Waals surface area contributed by atoms with Crippen molar-refractivity contribution in [2.24, 2.45) is 5.41 Å². The summed E-state index contributed by atoms with van der Waals surface area (Å²) in [6, 6.07) is 6.93. The van der Waals surface area contributed by atoms with Gasteiger partial charge in [0.2, 0.25) is 5.91 Å². The monoisotopic (exact) mass is 284 g/mol. The largest absolute Gasteiger partial charge is 0.573 e. The number of carbonyl (C=O) groups excluding carboxylic acids is 1. The predicted octanol–water partition coefficient (Wildman–Crippen LogP) is 3.22. The second-order valence-corrected chi connectivity index (χ2v) is 4.58. The number of halogens is 3. The molecule has 0 atom stereocenters. The van der Waals surface area contributed by atoms with E-state index < -0.39 is 23.4 Å². The Morgan fingerprint density at radius 1 is 1.40 bits per heavy atom. The summed E-state index contributed by atoms with van der Waals surface area (Å²) in [6.45, 7) is 0. The second kappa shape index (κ2) is 5.04. The second-order valence-electron chi connectivity index (χ2n) is 4.58. The van der Waals surface area contributed by atoms with Crippen molar-refractivity contribution >= 4 is 11.6 Å². The summed E-state index contributed by atoms with van der Waals surface area (Å²) in [7, 11) is 0. The Morgan fingerprint density at radius 2 is 2.10 bits per heavy atom. The highest BCUT2D eigenvalue weighted by atomic mass is 19.4. The number of benzene rings is 1. The molecule has 1 aromatic carbocycles. The molecule has 1 saturated carbocycles. The summed E-state index contributed by atoms with van der Waals surface area (Å²) in [4.78, 5) is 11.9. The van der Waals surface area contributed by atoms with Gasteiger partial charge in [-0.25, -0.2) is 0 Å². The molecule has 20 heavy (non-hydrogen) atoms. The first-order valence-corrected chi connectivity index (χ1v) is 5.93. The molecule has 2 rings (SSSR count). The van der Waals surface area contributed by atoms with Crippen molar-refractivity contribution in [2.45, 2.75) is 25.6 Å². The minimum atomic E-state index is -4.79. The Kier molecular flexibility index (Phi) is 3.57. The lowest BCUT2D eigenvalue weighted by atomic mass is 9.69. The molecular weight excluding hydrogens is 273 g/mol. The molecule has 0 unspecified atom stereocenters. The molecule has 1 N–H and O–H groups in total. The van der Waals surface area contributed by atoms with Crippen LogP contribution in [0.1, 0.15) is 19.3 Å². The summed E-state index contributed by atoms with van der Waals surface area (Å²) < 4.78 is 40.0. The Bertz CT molecular complexity index is 559. The van der Waals surface area contributed by atoms with Crippen LogP contribution in [0, 0.1) is 16.7 Å². The molecule has 1 aliphatic rings. The van der Waals surface area contributed by atoms with E-state index in [1.807, 2.05) is 6.07 Å². The first-order chi connectivity index (χ1) is 9.35. The summed E-state index contributed by atoms with van der Waals surface area (Å²) in [5.41, 5.74) is -0.890. The lowest BCUT2D eigenvalue weighted by Crippen LogP contribution is -2.40. The number of hydrogen-bond acceptors (Lipinski definition) is 3. The van der Waals surface area contributed by atoms with Gasteiger partial charge in [-0.05, 0) is 31.4 Å². The van der Waals surface area contributed by atoms with Gasteiger partial charge in [0.25, 0.3) is 0 Å². The molecule has 7 heteroatoms. The van der Waals surface area contributed by atoms with E-state index in [0.717, 1.165) is 18.6 Å². The van der Waals surface area contributed by atoms with Crippen LogP contribution in [-0.2, 0) is 4.79 Å². The molecule has 1 aliphatic carbocycles. The van der Waals surface area contributed by atoms with Crippen LogP contribution in [0.3, 0.4) is 0 Å². The number of nitriles is 1. The smallest absolute Gasteiger partial charge is 0.406 e. The number of amides is 1. The zero-order valence-electron chi connectivity index (χ0n) is 10.3. The van der Waals surface area contributed by atoms with Crippen molar-refractivity contribution in [3.05, 3.63) is 24.3 Å². The number of ether oxygens (including phenoxy) is 1. The number of anilines is 1. The Hall–Kier alpha value is -2.23. The highest BCUT2D eigenvalue weighted by Gasteiger charge is 2.44. The summed E-state index contributed by atoms with van der Waals surface area (Å²) in [6.07, 6.45) is -3.06. The van der Waals surface area contributed by atoms with E-state index in [0.29, 0.717) is 12.8 Å². The van der Waals surface area contributed by atoms with Crippen LogP contribution >= 0.6 is 0 Å². The number of hydrogen-bond donors (Lipinski definition) is 1. The third kappa shape index (κ3) is 3.02. The van der Waals surface area contributed by atoms with Gasteiger partial charge in [-0.2, -0.15) is 5.26 Å². The first-order valence-electron chi connectivity index (χ1n) is 5.93. The van der Waals surface area contributed by atoms with Crippen LogP contribution in [0.2, 0.25) is 0 Å². The van der Waals surface area contributed by atoms with Crippen LogP contribution in [0.4, 0.5) is 18.9 Å². The van der Waals surface area contributed by atoms with Crippen molar-refractivity contribution in [3.63, 3.8) is 0 Å². The molecule has 1 aromatic rings. The molecule has 0 spiro atoms. The third-order valence-corrected chi connectivity index (χ3v) is 3.18. The molecular formula is C13H11F3N2O2. The fourth-order valence-corrected chi connectivity index (χ4v) is 1.94. The van der Waals surface area contributed by atoms with Crippen molar-refractivity contribution in [1.82, 2.24) is 0 Å². The van der Waals surface area contributed by atoms with Crippen LogP contribution in [0.25, 0.3) is 0 Å². The maximum absolute atomic E-state index is 12.1. The number of nitrogens with one attached hydrogen (secondary N) is 1. The van der Waals surface area contributed by atoms with Gasteiger partial charge in [0.05, 0.1) is 6.07 Å². The molecule has 106 valence electrons. The molecule has 0 aromatic heterocycles. The van der Waals surface area contributed by atoms with E-state index in [1.165, 1.54) is 12.1 Å². The van der Waals surface area contributed by atoms with Gasteiger partial charge < -0.3 is 10.1 Å². The van der Waals surface area contributed by atoms with Crippen molar-refractivity contribution in [3.8, 4) is 11.8 Å². The lowest BCUT2D eigenvalue weighted by molar-refractivity contribution is -0.274. The summed E-state index contributed by atoms with van der Waals surface area (Å²) in [5.74, 6) is -0.912. The molecule has 0 heterocycles. The van der Waals surface area contributed by atoms with E-state index in [2.05, 4.69) is 10.1 Å². The predicted molar refractivity (Wildman–Crippen MR) is 63.7 cm³/mol. The minimum absolute atomic E-state index is 0.165. The minimum Gasteiger partial charge on any atom is -0.406 e. The van der Waals surface area contributed by atoms with Crippen LogP contribution < -0.4 is 10.1 Å². The molecule has 1 amide bonds. The zero-order chi connectivity index (χ0) is 14.8. The summed E-state index contributed by atoms with van der Waals surface area (Å²) >= 11 is 0. The fraction of sp³-hybridized carbons (Fsp3) is 0.385. The number of rotatable bonds is 3. The van der Waals surface area contributed by atoms with Crippen molar-refractivity contribution < 1.29 is 22.7 Å². The highest BCUT2D eigenvalue weighted by Crippen LogP contribution is 2.41. The topological polar surface area (TPSA) is 62.1 Å². The van der Waals surface area contributed by atoms with E-state index in [-0.39, 0.29) is 5.69 Å². The molecule has 4 nitrogen and oxygen atoms in total. The van der Waals surface area contributed by atoms with Gasteiger partial charge in [0.15, 0.2) is 0 Å². The fourth-order valence-electron chi connectivity index (χ4n) is 1.94. The van der Waals surface area contributed by atoms with Gasteiger partial charge in [-0.15, -0.1) is 13.2 Å². The Morgan fingerprint density at radius 3 is 2.60 bits per heavy atom. The average Bonchev–Trinajstić information content (AvgIpc) is 2.26. The maximum Gasteiger partial charge on any atom is 0.573 e. The van der Waals surface area contributed by atoms with E-state index in [9.17, 15) is 18.0 Å². The van der Waals surface area contributed by atoms with Crippen LogP contribution in [0.5, 0.6) is 5.75 Å². The van der Waals surface area contributed by atoms with Gasteiger partial charge in [-0.1, -0.05) is 6.07 Å². The quantitative estimate of drug-likeness (QED) is 0.927. The van der Waals surface area contributed by atoms with Crippen molar-refractivity contribution in [1.29, 1.82) is 5.26 Å². The SMILES string of the molecule is N#CC1(C(=O)Nc2cccc(OC(F)(F)F)c2)CCC1. The lowest BCUT2D eigenvalue weighted by Gasteiger charge is -2.33. The average molecular weight is 284 g/mol. The molecule has 1 fully saturated rings. The molecule has 0 aliphatic heterocycles. The van der Waals surface area contributed by atoms with E-state index in [4.69, 9.17) is 5.26 Å². The molecule has 0 bridgehead atoms. The standard InChI is InChI=1S/C13H11F3N2O2/c14-13(15,16)20-10-4-1-3-9(7-10)18-11(19)12(8-17)5-2-6-12/h1,3-4,7H,2,5-6H2,(H,18,19). The Labute approximate surface area is 113 Å². The van der Waals surface area contributed by atoms with Gasteiger partial charge >= 0.3 is 6.36 Å². The van der Waals surface area contributed by atoms with Crippen LogP contribution in [0.15, 0.2) is 24.3 Å². The van der Waals surface area contributed by atoms with Crippen LogP contribution in [-0.4, -0.2) is 12.3 Å².